The number of nitrogens with zero attached hydrogens (tertiary/aromatic N) is 3. The summed E-state index contributed by atoms with van der Waals surface area (Å²) in [5, 5.41) is 0.448. The highest BCUT2D eigenvalue weighted by Gasteiger charge is 2.33. The van der Waals surface area contributed by atoms with Gasteiger partial charge in [0.25, 0.3) is 5.91 Å². The zero-order valence-electron chi connectivity index (χ0n) is 19.0. The van der Waals surface area contributed by atoms with Gasteiger partial charge in [-0.1, -0.05) is 29.0 Å². The van der Waals surface area contributed by atoms with Crippen molar-refractivity contribution in [1.29, 1.82) is 0 Å². The van der Waals surface area contributed by atoms with Crippen molar-refractivity contribution < 1.29 is 22.7 Å². The van der Waals surface area contributed by atoms with Gasteiger partial charge in [0.15, 0.2) is 4.80 Å². The van der Waals surface area contributed by atoms with Crippen LogP contribution in [-0.4, -0.2) is 49.4 Å². The molecule has 1 saturated heterocycles. The molecule has 1 fully saturated rings. The minimum absolute atomic E-state index is 0.0616. The van der Waals surface area contributed by atoms with E-state index in [1.807, 2.05) is 4.57 Å². The number of sulfonamides is 1. The third kappa shape index (κ3) is 5.25. The molecule has 1 aliphatic heterocycles. The zero-order valence-corrected chi connectivity index (χ0v) is 21.4. The smallest absolute Gasteiger partial charge is 0.337 e. The van der Waals surface area contributed by atoms with E-state index in [2.05, 4.69) is 11.6 Å². The number of rotatable bonds is 6. The number of methoxy groups -OCH3 is 1. The summed E-state index contributed by atoms with van der Waals surface area (Å²) in [5.74, 6) is -1.38. The molecule has 35 heavy (non-hydrogen) atoms. The summed E-state index contributed by atoms with van der Waals surface area (Å²) in [7, 11) is -2.43. The predicted molar refractivity (Wildman–Crippen MR) is 135 cm³/mol. The molecule has 1 unspecified atom stereocenters. The van der Waals surface area contributed by atoms with Gasteiger partial charge in [-0.2, -0.15) is 9.30 Å². The van der Waals surface area contributed by atoms with E-state index in [4.69, 9.17) is 16.3 Å². The van der Waals surface area contributed by atoms with Gasteiger partial charge < -0.3 is 9.30 Å². The number of ether oxygens (including phenoxy) is 1. The highest BCUT2D eigenvalue weighted by molar-refractivity contribution is 7.89. The average molecular weight is 534 g/mol. The van der Waals surface area contributed by atoms with E-state index in [-0.39, 0.29) is 17.3 Å². The van der Waals surface area contributed by atoms with Crippen molar-refractivity contribution in [1.82, 2.24) is 8.87 Å². The fraction of sp³-hybridized carbons (Fsp3) is 0.292. The molecular formula is C24H24ClN3O5S2. The van der Waals surface area contributed by atoms with Gasteiger partial charge in [0.2, 0.25) is 10.0 Å². The number of esters is 1. The van der Waals surface area contributed by atoms with Crippen LogP contribution in [0.3, 0.4) is 0 Å². The predicted octanol–water partition coefficient (Wildman–Crippen LogP) is 3.86. The number of piperidine rings is 1. The summed E-state index contributed by atoms with van der Waals surface area (Å²) in [4.78, 5) is 30.1. The summed E-state index contributed by atoms with van der Waals surface area (Å²) in [5.41, 5.74) is 1.21. The summed E-state index contributed by atoms with van der Waals surface area (Å²) in [6.45, 7) is 4.61. The van der Waals surface area contributed by atoms with Crippen LogP contribution < -0.4 is 4.80 Å². The number of aromatic nitrogens is 1. The van der Waals surface area contributed by atoms with Crippen molar-refractivity contribution >= 4 is 55.1 Å². The SMILES string of the molecule is C=CCn1c(=NC(=O)C2CCCN(S(=O)(=O)c3ccc(Cl)cc3)C2)sc2cc(C(=O)OC)ccc21. The molecule has 184 valence electrons. The molecule has 0 N–H and O–H groups in total. The van der Waals surface area contributed by atoms with Crippen LogP contribution in [0.1, 0.15) is 23.2 Å². The molecule has 4 rings (SSSR count). The summed E-state index contributed by atoms with van der Waals surface area (Å²) >= 11 is 7.17. The van der Waals surface area contributed by atoms with Crippen molar-refractivity contribution in [3.05, 3.63) is 70.5 Å². The lowest BCUT2D eigenvalue weighted by Gasteiger charge is -2.30. The molecule has 1 atom stereocenters. The molecule has 2 heterocycles. The molecule has 8 nitrogen and oxygen atoms in total. The Balaban J connectivity index is 1.64. The Kier molecular flexibility index (Phi) is 7.56. The Morgan fingerprint density at radius 1 is 1.26 bits per heavy atom. The molecular weight excluding hydrogens is 510 g/mol. The summed E-state index contributed by atoms with van der Waals surface area (Å²) in [6.07, 6.45) is 2.80. The largest absolute Gasteiger partial charge is 0.465 e. The van der Waals surface area contributed by atoms with Crippen molar-refractivity contribution in [2.45, 2.75) is 24.3 Å². The van der Waals surface area contributed by atoms with Gasteiger partial charge in [-0.25, -0.2) is 13.2 Å². The third-order valence-electron chi connectivity index (χ3n) is 5.81. The molecule has 0 bridgehead atoms. The standard InChI is InChI=1S/C24H24ClN3O5S2/c1-3-12-28-20-11-6-16(23(30)33-2)14-21(20)34-24(28)26-22(29)17-5-4-13-27(15-17)35(31,32)19-9-7-18(25)8-10-19/h3,6-11,14,17H,1,4-5,12-13,15H2,2H3. The number of hydrogen-bond donors (Lipinski definition) is 0. The first-order chi connectivity index (χ1) is 16.7. The van der Waals surface area contributed by atoms with Crippen molar-refractivity contribution in [3.8, 4) is 0 Å². The molecule has 0 saturated carbocycles. The van der Waals surface area contributed by atoms with Crippen LogP contribution in [0.15, 0.2) is 65.0 Å². The fourth-order valence-corrected chi connectivity index (χ4v) is 6.75. The van der Waals surface area contributed by atoms with Crippen LogP contribution in [0.2, 0.25) is 5.02 Å². The van der Waals surface area contributed by atoms with Gasteiger partial charge in [-0.05, 0) is 55.3 Å². The zero-order chi connectivity index (χ0) is 25.2. The van der Waals surface area contributed by atoms with Crippen LogP contribution in [0, 0.1) is 5.92 Å². The second-order valence-electron chi connectivity index (χ2n) is 8.06. The summed E-state index contributed by atoms with van der Waals surface area (Å²) in [6, 6.07) is 11.1. The lowest BCUT2D eigenvalue weighted by molar-refractivity contribution is -0.122. The molecule has 0 spiro atoms. The molecule has 0 aliphatic carbocycles. The Bertz CT molecular complexity index is 1460. The first-order valence-corrected chi connectivity index (χ1v) is 13.5. The minimum Gasteiger partial charge on any atom is -0.465 e. The van der Waals surface area contributed by atoms with Gasteiger partial charge >= 0.3 is 5.97 Å². The van der Waals surface area contributed by atoms with Gasteiger partial charge in [0.1, 0.15) is 0 Å². The van der Waals surface area contributed by atoms with E-state index in [9.17, 15) is 18.0 Å². The second kappa shape index (κ2) is 10.4. The second-order valence-corrected chi connectivity index (χ2v) is 11.4. The number of amides is 1. The van der Waals surface area contributed by atoms with E-state index < -0.39 is 21.9 Å². The van der Waals surface area contributed by atoms with Crippen LogP contribution in [-0.2, 0) is 26.1 Å². The van der Waals surface area contributed by atoms with Crippen LogP contribution in [0.5, 0.6) is 0 Å². The first-order valence-electron chi connectivity index (χ1n) is 10.9. The Morgan fingerprint density at radius 3 is 2.69 bits per heavy atom. The lowest BCUT2D eigenvalue weighted by atomic mass is 9.99. The monoisotopic (exact) mass is 533 g/mol. The number of hydrogen-bond acceptors (Lipinski definition) is 6. The molecule has 1 amide bonds. The Labute approximate surface area is 212 Å². The maximum atomic E-state index is 13.2. The molecule has 0 radical (unpaired) electrons. The van der Waals surface area contributed by atoms with E-state index in [0.29, 0.717) is 41.3 Å². The maximum absolute atomic E-state index is 13.2. The molecule has 3 aromatic rings. The maximum Gasteiger partial charge on any atom is 0.337 e. The van der Waals surface area contributed by atoms with Crippen molar-refractivity contribution in [2.24, 2.45) is 10.9 Å². The van der Waals surface area contributed by atoms with Gasteiger partial charge in [-0.3, -0.25) is 4.79 Å². The van der Waals surface area contributed by atoms with E-state index in [1.165, 1.54) is 47.0 Å². The number of allylic oxidation sites excluding steroid dienone is 1. The van der Waals surface area contributed by atoms with Gasteiger partial charge in [0, 0.05) is 24.7 Å². The van der Waals surface area contributed by atoms with Gasteiger partial charge in [0.05, 0.1) is 33.7 Å². The Hall–Kier alpha value is -2.79. The lowest BCUT2D eigenvalue weighted by Crippen LogP contribution is -2.42. The van der Waals surface area contributed by atoms with E-state index in [1.54, 1.807) is 24.3 Å². The molecule has 1 aromatic heterocycles. The number of halogens is 1. The fourth-order valence-electron chi connectivity index (χ4n) is 4.01. The van der Waals surface area contributed by atoms with E-state index in [0.717, 1.165) is 10.2 Å². The normalized spacial score (nSPS) is 17.4. The Morgan fingerprint density at radius 2 is 2.00 bits per heavy atom. The molecule has 2 aromatic carbocycles. The summed E-state index contributed by atoms with van der Waals surface area (Å²) < 4.78 is 34.9. The van der Waals surface area contributed by atoms with Gasteiger partial charge in [-0.15, -0.1) is 6.58 Å². The van der Waals surface area contributed by atoms with Crippen molar-refractivity contribution in [2.75, 3.05) is 20.2 Å². The van der Waals surface area contributed by atoms with E-state index >= 15 is 0 Å². The number of fused-ring (bicyclic) bond motifs is 1. The first kappa shape index (κ1) is 25.3. The number of thiazole rings is 1. The number of benzene rings is 2. The van der Waals surface area contributed by atoms with Crippen LogP contribution in [0.4, 0.5) is 0 Å². The minimum atomic E-state index is -3.75. The highest BCUT2D eigenvalue weighted by Crippen LogP contribution is 2.26. The molecule has 11 heteroatoms. The average Bonchev–Trinajstić information content (AvgIpc) is 3.20. The topological polar surface area (TPSA) is 98.0 Å². The number of carbonyl (C=O) groups is 2. The highest BCUT2D eigenvalue weighted by atomic mass is 35.5. The number of carbonyl (C=O) groups excluding carboxylic acids is 2. The van der Waals surface area contributed by atoms with Crippen molar-refractivity contribution in [3.63, 3.8) is 0 Å². The molecule has 1 aliphatic rings. The quantitative estimate of drug-likeness (QED) is 0.354. The van der Waals surface area contributed by atoms with Crippen LogP contribution in [0.25, 0.3) is 10.2 Å². The third-order valence-corrected chi connectivity index (χ3v) is 8.98. The van der Waals surface area contributed by atoms with Crippen LogP contribution >= 0.6 is 22.9 Å².